The predicted octanol–water partition coefficient (Wildman–Crippen LogP) is 6.71. The van der Waals surface area contributed by atoms with Crippen LogP contribution in [0.1, 0.15) is 51.4 Å². The number of fused-ring (bicyclic) bond motifs is 2. The van der Waals surface area contributed by atoms with Gasteiger partial charge in [-0.2, -0.15) is 0 Å². The summed E-state index contributed by atoms with van der Waals surface area (Å²) in [5.74, 6) is 1.64. The predicted molar refractivity (Wildman–Crippen MR) is 133 cm³/mol. The molecule has 1 N–H and O–H groups in total. The molecule has 0 saturated carbocycles. The first-order valence-corrected chi connectivity index (χ1v) is 11.2. The minimum Gasteiger partial charge on any atom is -0.508 e. The van der Waals surface area contributed by atoms with Crippen LogP contribution in [0.2, 0.25) is 0 Å². The summed E-state index contributed by atoms with van der Waals surface area (Å²) in [6.07, 6.45) is 5.32. The van der Waals surface area contributed by atoms with E-state index in [9.17, 15) is 5.11 Å². The number of hydrogen-bond donors (Lipinski definition) is 1. The molecule has 0 spiro atoms. The van der Waals surface area contributed by atoms with Crippen LogP contribution in [0, 0.1) is 0 Å². The Morgan fingerprint density at radius 2 is 1.47 bits per heavy atom. The monoisotopic (exact) mass is 434 g/mol. The molecule has 5 heteroatoms. The Balaban J connectivity index is 0.000000860. The van der Waals surface area contributed by atoms with Gasteiger partial charge in [0, 0.05) is 35.3 Å². The van der Waals surface area contributed by atoms with Crippen molar-refractivity contribution in [1.82, 2.24) is 9.97 Å². The molecule has 0 aliphatic heterocycles. The summed E-state index contributed by atoms with van der Waals surface area (Å²) in [5.41, 5.74) is 4.04. The van der Waals surface area contributed by atoms with Gasteiger partial charge in [-0.15, -0.1) is 0 Å². The molecular weight excluding hydrogens is 400 g/mol. The van der Waals surface area contributed by atoms with Crippen LogP contribution in [0.3, 0.4) is 0 Å². The van der Waals surface area contributed by atoms with Crippen molar-refractivity contribution in [3.05, 3.63) is 65.6 Å². The molecule has 0 atom stereocenters. The molecule has 0 bridgehead atoms. The van der Waals surface area contributed by atoms with Crippen molar-refractivity contribution in [3.8, 4) is 17.2 Å². The van der Waals surface area contributed by atoms with Gasteiger partial charge in [-0.1, -0.05) is 34.6 Å². The molecule has 0 fully saturated rings. The molecule has 2 aromatic carbocycles. The lowest BCUT2D eigenvalue weighted by atomic mass is 9.98. The third kappa shape index (κ3) is 5.28. The number of aromatic nitrogens is 2. The maximum Gasteiger partial charge on any atom is 0.161 e. The van der Waals surface area contributed by atoms with Crippen LogP contribution in [0.4, 0.5) is 0 Å². The number of methoxy groups -OCH3 is 2. The van der Waals surface area contributed by atoms with E-state index in [1.54, 1.807) is 26.4 Å². The lowest BCUT2D eigenvalue weighted by Gasteiger charge is -2.14. The van der Waals surface area contributed by atoms with Crippen LogP contribution in [-0.4, -0.2) is 29.3 Å². The molecule has 4 rings (SSSR count). The molecule has 0 radical (unpaired) electrons. The highest BCUT2D eigenvalue weighted by atomic mass is 16.5. The molecule has 5 nitrogen and oxygen atoms in total. The first-order chi connectivity index (χ1) is 15.6. The first-order valence-electron chi connectivity index (χ1n) is 11.2. The van der Waals surface area contributed by atoms with Gasteiger partial charge >= 0.3 is 0 Å². The minimum absolute atomic E-state index is 0.239. The first kappa shape index (κ1) is 24.9. The van der Waals surface area contributed by atoms with Crippen molar-refractivity contribution in [2.45, 2.75) is 47.5 Å². The molecular formula is C27H34N2O3. The normalized spacial score (nSPS) is 10.1. The van der Waals surface area contributed by atoms with Crippen molar-refractivity contribution < 1.29 is 14.6 Å². The van der Waals surface area contributed by atoms with Crippen LogP contribution < -0.4 is 9.47 Å². The summed E-state index contributed by atoms with van der Waals surface area (Å²) in [4.78, 5) is 9.19. The molecule has 32 heavy (non-hydrogen) atoms. The van der Waals surface area contributed by atoms with Gasteiger partial charge in [0.15, 0.2) is 11.5 Å². The summed E-state index contributed by atoms with van der Waals surface area (Å²) >= 11 is 0. The van der Waals surface area contributed by atoms with Gasteiger partial charge < -0.3 is 14.6 Å². The van der Waals surface area contributed by atoms with Gasteiger partial charge in [0.05, 0.1) is 19.7 Å². The van der Waals surface area contributed by atoms with Gasteiger partial charge in [-0.25, -0.2) is 0 Å². The van der Waals surface area contributed by atoms with Crippen molar-refractivity contribution in [2.75, 3.05) is 14.2 Å². The van der Waals surface area contributed by atoms with Gasteiger partial charge in [0.1, 0.15) is 5.75 Å². The number of pyridine rings is 2. The fourth-order valence-corrected chi connectivity index (χ4v) is 3.58. The van der Waals surface area contributed by atoms with Gasteiger partial charge in [-0.3, -0.25) is 9.97 Å². The number of phenols is 1. The third-order valence-corrected chi connectivity index (χ3v) is 5.01. The number of aryl methyl sites for hydroxylation is 1. The van der Waals surface area contributed by atoms with E-state index in [1.807, 2.05) is 58.3 Å². The molecule has 4 aromatic rings. The number of rotatable bonds is 5. The highest BCUT2D eigenvalue weighted by molar-refractivity contribution is 5.91. The summed E-state index contributed by atoms with van der Waals surface area (Å²) < 4.78 is 11.0. The molecule has 170 valence electrons. The Morgan fingerprint density at radius 1 is 0.812 bits per heavy atom. The summed E-state index contributed by atoms with van der Waals surface area (Å²) in [6.45, 7) is 10.1. The summed E-state index contributed by atoms with van der Waals surface area (Å²) in [5, 5.41) is 12.8. The Morgan fingerprint density at radius 3 is 2.09 bits per heavy atom. The Hall–Kier alpha value is -3.34. The molecule has 2 aromatic heterocycles. The Kier molecular flexibility index (Phi) is 9.26. The largest absolute Gasteiger partial charge is 0.508 e. The van der Waals surface area contributed by atoms with Crippen molar-refractivity contribution in [1.29, 1.82) is 0 Å². The van der Waals surface area contributed by atoms with Crippen molar-refractivity contribution in [2.24, 2.45) is 0 Å². The lowest BCUT2D eigenvalue weighted by molar-refractivity contribution is 0.356. The maximum absolute atomic E-state index is 9.75. The fourth-order valence-electron chi connectivity index (χ4n) is 3.58. The zero-order valence-electron chi connectivity index (χ0n) is 20.2. The van der Waals surface area contributed by atoms with E-state index >= 15 is 0 Å². The van der Waals surface area contributed by atoms with Crippen molar-refractivity contribution >= 4 is 21.7 Å². The van der Waals surface area contributed by atoms with Gasteiger partial charge in [0.2, 0.25) is 0 Å². The van der Waals surface area contributed by atoms with Crippen LogP contribution in [-0.2, 0) is 12.8 Å². The zero-order valence-corrected chi connectivity index (χ0v) is 20.2. The number of ether oxygens (including phenoxy) is 2. The van der Waals surface area contributed by atoms with E-state index in [1.165, 1.54) is 0 Å². The standard InChI is InChI=1S/C23H22N2O3.2C2H6/c1-4-20-19-11-23(28-3)22(27-2)10-18(19)16(13-25-20)8-14-7-15-9-17(26)5-6-21(15)24-12-14;2*1-2/h5-7,9-13,26H,4,8H2,1-3H3;2*1-2H3. The van der Waals surface area contributed by atoms with E-state index in [2.05, 4.69) is 23.0 Å². The highest BCUT2D eigenvalue weighted by Crippen LogP contribution is 2.35. The van der Waals surface area contributed by atoms with E-state index < -0.39 is 0 Å². The molecule has 0 aliphatic carbocycles. The quantitative estimate of drug-likeness (QED) is 0.378. The minimum atomic E-state index is 0.239. The third-order valence-electron chi connectivity index (χ3n) is 5.01. The van der Waals surface area contributed by atoms with Gasteiger partial charge in [0.25, 0.3) is 0 Å². The molecule has 0 unspecified atom stereocenters. The zero-order chi connectivity index (χ0) is 23.7. The number of benzene rings is 2. The highest BCUT2D eigenvalue weighted by Gasteiger charge is 2.13. The molecule has 0 amide bonds. The topological polar surface area (TPSA) is 64.5 Å². The van der Waals surface area contributed by atoms with E-state index in [0.29, 0.717) is 17.9 Å². The second kappa shape index (κ2) is 11.9. The second-order valence-corrected chi connectivity index (χ2v) is 6.73. The molecule has 2 heterocycles. The average molecular weight is 435 g/mol. The average Bonchev–Trinajstić information content (AvgIpc) is 2.85. The van der Waals surface area contributed by atoms with Crippen molar-refractivity contribution in [3.63, 3.8) is 0 Å². The number of nitrogens with zero attached hydrogens (tertiary/aromatic N) is 2. The summed E-state index contributed by atoms with van der Waals surface area (Å²) in [7, 11) is 3.29. The maximum atomic E-state index is 9.75. The summed E-state index contributed by atoms with van der Waals surface area (Å²) in [6, 6.07) is 11.3. The van der Waals surface area contributed by atoms with Crippen LogP contribution in [0.5, 0.6) is 17.2 Å². The van der Waals surface area contributed by atoms with Crippen LogP contribution in [0.15, 0.2) is 48.8 Å². The lowest BCUT2D eigenvalue weighted by Crippen LogP contribution is -1.99. The SMILES string of the molecule is CC.CC.CCc1ncc(Cc2cnc3ccc(O)cc3c2)c2cc(OC)c(OC)cc12. The smallest absolute Gasteiger partial charge is 0.161 e. The molecule has 0 aliphatic rings. The second-order valence-electron chi connectivity index (χ2n) is 6.73. The van der Waals surface area contributed by atoms with E-state index in [-0.39, 0.29) is 5.75 Å². The molecule has 0 saturated heterocycles. The van der Waals surface area contributed by atoms with Crippen LogP contribution >= 0.6 is 0 Å². The number of hydrogen-bond acceptors (Lipinski definition) is 5. The Bertz CT molecular complexity index is 1170. The van der Waals surface area contributed by atoms with E-state index in [4.69, 9.17) is 9.47 Å². The number of aromatic hydroxyl groups is 1. The number of phenolic OH excluding ortho intramolecular Hbond substituents is 1. The van der Waals surface area contributed by atoms with Crippen LogP contribution in [0.25, 0.3) is 21.7 Å². The van der Waals surface area contributed by atoms with E-state index in [0.717, 1.165) is 44.9 Å². The fraction of sp³-hybridized carbons (Fsp3) is 0.333. The Labute approximate surface area is 191 Å². The van der Waals surface area contributed by atoms with Gasteiger partial charge in [-0.05, 0) is 59.3 Å².